The van der Waals surface area contributed by atoms with Crippen LogP contribution in [0, 0.1) is 0 Å². The molecule has 0 amide bonds. The van der Waals surface area contributed by atoms with Gasteiger partial charge < -0.3 is 15.0 Å². The maximum atomic E-state index is 12.2. The lowest BCUT2D eigenvalue weighted by atomic mass is 10.3. The van der Waals surface area contributed by atoms with Gasteiger partial charge in [0.25, 0.3) is 0 Å². The molecule has 0 bridgehead atoms. The van der Waals surface area contributed by atoms with Gasteiger partial charge in [-0.05, 0) is 35.8 Å². The van der Waals surface area contributed by atoms with E-state index in [0.29, 0.717) is 47.3 Å². The first kappa shape index (κ1) is 21.6. The van der Waals surface area contributed by atoms with E-state index >= 15 is 0 Å². The molecule has 0 saturated carbocycles. The van der Waals surface area contributed by atoms with Crippen LogP contribution >= 0.6 is 0 Å². The number of nitrogens with one attached hydrogen (secondary N) is 1. The lowest BCUT2D eigenvalue weighted by Crippen LogP contribution is -2.16. The number of hydrogen-bond donors (Lipinski definition) is 2. The Balaban J connectivity index is 1.61. The third-order valence-corrected chi connectivity index (χ3v) is 6.12. The highest BCUT2D eigenvalue weighted by Crippen LogP contribution is 2.30. The Morgan fingerprint density at radius 3 is 2.78 bits per heavy atom. The van der Waals surface area contributed by atoms with Crippen LogP contribution in [0.4, 0.5) is 11.5 Å². The van der Waals surface area contributed by atoms with Crippen LogP contribution < -0.4 is 15.2 Å². The number of hydrogen-bond acceptors (Lipinski definition) is 9. The number of ether oxygens (including phenoxy) is 1. The fourth-order valence-electron chi connectivity index (χ4n) is 3.23. The van der Waals surface area contributed by atoms with Gasteiger partial charge in [-0.15, -0.1) is 0 Å². The first-order valence-corrected chi connectivity index (χ1v) is 11.8. The smallest absolute Gasteiger partial charge is 0.232 e. The van der Waals surface area contributed by atoms with Crippen molar-refractivity contribution in [2.75, 3.05) is 16.2 Å². The lowest BCUT2D eigenvalue weighted by molar-refractivity contribution is 0.310. The SMILES string of the molecule is CCCCS(=O)(=O)Nc1cccc(Oc2cc3c(cn2)nc(-c2nonc2N)n3CC)c1. The summed E-state index contributed by atoms with van der Waals surface area (Å²) in [7, 11) is -3.41. The minimum atomic E-state index is -3.41. The van der Waals surface area contributed by atoms with Gasteiger partial charge in [0.15, 0.2) is 17.3 Å². The number of sulfonamides is 1. The first-order chi connectivity index (χ1) is 15.4. The molecule has 32 heavy (non-hydrogen) atoms. The molecule has 168 valence electrons. The molecule has 12 heteroatoms. The molecular weight excluding hydrogens is 434 g/mol. The van der Waals surface area contributed by atoms with Crippen LogP contribution in [0.25, 0.3) is 22.6 Å². The number of anilines is 2. The van der Waals surface area contributed by atoms with Crippen molar-refractivity contribution in [3.8, 4) is 23.1 Å². The van der Waals surface area contributed by atoms with Crippen molar-refractivity contribution in [3.63, 3.8) is 0 Å². The second-order valence-corrected chi connectivity index (χ2v) is 8.94. The van der Waals surface area contributed by atoms with Gasteiger partial charge in [-0.2, -0.15) is 0 Å². The molecule has 3 aromatic heterocycles. The van der Waals surface area contributed by atoms with E-state index in [1.54, 1.807) is 36.5 Å². The van der Waals surface area contributed by atoms with Crippen LogP contribution in [0.5, 0.6) is 11.6 Å². The Bertz CT molecular complexity index is 1350. The molecule has 4 rings (SSSR count). The topological polar surface area (TPSA) is 151 Å². The Morgan fingerprint density at radius 2 is 2.06 bits per heavy atom. The summed E-state index contributed by atoms with van der Waals surface area (Å²) >= 11 is 0. The number of pyridine rings is 1. The Morgan fingerprint density at radius 1 is 1.22 bits per heavy atom. The number of imidazole rings is 1. The molecule has 0 atom stereocenters. The molecule has 0 unspecified atom stereocenters. The van der Waals surface area contributed by atoms with Gasteiger partial charge in [-0.3, -0.25) is 4.72 Å². The monoisotopic (exact) mass is 457 g/mol. The zero-order valence-electron chi connectivity index (χ0n) is 17.6. The molecular formula is C20H23N7O4S. The number of unbranched alkanes of at least 4 members (excludes halogenated alkanes) is 1. The number of nitrogens with zero attached hydrogens (tertiary/aromatic N) is 5. The second-order valence-electron chi connectivity index (χ2n) is 7.09. The van der Waals surface area contributed by atoms with Crippen molar-refractivity contribution in [3.05, 3.63) is 36.5 Å². The molecule has 3 N–H and O–H groups in total. The van der Waals surface area contributed by atoms with Crippen molar-refractivity contribution in [2.45, 2.75) is 33.2 Å². The van der Waals surface area contributed by atoms with Crippen molar-refractivity contribution in [1.82, 2.24) is 24.8 Å². The minimum absolute atomic E-state index is 0.0711. The number of aromatic nitrogens is 5. The van der Waals surface area contributed by atoms with Gasteiger partial charge in [0, 0.05) is 18.7 Å². The fourth-order valence-corrected chi connectivity index (χ4v) is 4.48. The molecule has 3 heterocycles. The molecule has 0 saturated heterocycles. The average molecular weight is 458 g/mol. The molecule has 0 aliphatic carbocycles. The van der Waals surface area contributed by atoms with E-state index in [0.717, 1.165) is 11.9 Å². The van der Waals surface area contributed by atoms with E-state index in [1.807, 2.05) is 18.4 Å². The Labute approximate surface area is 184 Å². The summed E-state index contributed by atoms with van der Waals surface area (Å²) < 4.78 is 39.4. The van der Waals surface area contributed by atoms with Crippen LogP contribution in [-0.4, -0.2) is 39.0 Å². The predicted molar refractivity (Wildman–Crippen MR) is 120 cm³/mol. The van der Waals surface area contributed by atoms with E-state index in [9.17, 15) is 8.42 Å². The molecule has 1 aromatic carbocycles. The van der Waals surface area contributed by atoms with Crippen LogP contribution in [0.1, 0.15) is 26.7 Å². The highest BCUT2D eigenvalue weighted by molar-refractivity contribution is 7.92. The van der Waals surface area contributed by atoms with Crippen LogP contribution in [-0.2, 0) is 16.6 Å². The normalized spacial score (nSPS) is 11.7. The zero-order valence-corrected chi connectivity index (χ0v) is 18.5. The maximum Gasteiger partial charge on any atom is 0.232 e. The summed E-state index contributed by atoms with van der Waals surface area (Å²) in [6.07, 6.45) is 2.98. The zero-order chi connectivity index (χ0) is 22.7. The summed E-state index contributed by atoms with van der Waals surface area (Å²) in [5.74, 6) is 1.51. The maximum absolute atomic E-state index is 12.2. The highest BCUT2D eigenvalue weighted by Gasteiger charge is 2.19. The van der Waals surface area contributed by atoms with Crippen molar-refractivity contribution in [2.24, 2.45) is 0 Å². The third kappa shape index (κ3) is 4.49. The van der Waals surface area contributed by atoms with Gasteiger partial charge >= 0.3 is 0 Å². The van der Waals surface area contributed by atoms with Crippen molar-refractivity contribution < 1.29 is 17.8 Å². The van der Waals surface area contributed by atoms with E-state index < -0.39 is 10.0 Å². The molecule has 4 aromatic rings. The number of aryl methyl sites for hydroxylation is 1. The summed E-state index contributed by atoms with van der Waals surface area (Å²) in [6.45, 7) is 4.50. The number of rotatable bonds is 9. The van der Waals surface area contributed by atoms with Crippen LogP contribution in [0.3, 0.4) is 0 Å². The summed E-state index contributed by atoms with van der Waals surface area (Å²) in [5.41, 5.74) is 8.01. The number of nitrogen functional groups attached to an aromatic ring is 1. The van der Waals surface area contributed by atoms with E-state index in [-0.39, 0.29) is 11.6 Å². The number of nitrogens with two attached hydrogens (primary N) is 1. The van der Waals surface area contributed by atoms with Crippen molar-refractivity contribution >= 4 is 32.6 Å². The van der Waals surface area contributed by atoms with Crippen LogP contribution in [0.2, 0.25) is 0 Å². The first-order valence-electron chi connectivity index (χ1n) is 10.1. The summed E-state index contributed by atoms with van der Waals surface area (Å²) in [5, 5.41) is 7.45. The molecule has 0 aliphatic heterocycles. The quantitative estimate of drug-likeness (QED) is 0.385. The molecule has 0 aliphatic rings. The average Bonchev–Trinajstić information content (AvgIpc) is 3.34. The highest BCUT2D eigenvalue weighted by atomic mass is 32.2. The van der Waals surface area contributed by atoms with Gasteiger partial charge in [0.1, 0.15) is 11.3 Å². The predicted octanol–water partition coefficient (Wildman–Crippen LogP) is 3.42. The molecule has 0 radical (unpaired) electrons. The number of fused-ring (bicyclic) bond motifs is 1. The van der Waals surface area contributed by atoms with Crippen molar-refractivity contribution in [1.29, 1.82) is 0 Å². The summed E-state index contributed by atoms with van der Waals surface area (Å²) in [6, 6.07) is 8.46. The van der Waals surface area contributed by atoms with E-state index in [4.69, 9.17) is 15.1 Å². The lowest BCUT2D eigenvalue weighted by Gasteiger charge is -2.10. The van der Waals surface area contributed by atoms with Gasteiger partial charge in [-0.1, -0.05) is 19.4 Å². The Hall–Kier alpha value is -3.67. The van der Waals surface area contributed by atoms with Gasteiger partial charge in [0.05, 0.1) is 23.2 Å². The summed E-state index contributed by atoms with van der Waals surface area (Å²) in [4.78, 5) is 8.85. The third-order valence-electron chi connectivity index (χ3n) is 4.75. The standard InChI is InChI=1S/C20H23N7O4S/c1-3-5-9-32(28,29)26-13-7-6-8-14(10-13)30-17-11-16-15(12-22-17)23-20(27(16)4-2)18-19(21)25-31-24-18/h6-8,10-12,26H,3-5,9H2,1-2H3,(H2,21,25). The van der Waals surface area contributed by atoms with Gasteiger partial charge in [0.2, 0.25) is 15.9 Å². The largest absolute Gasteiger partial charge is 0.439 e. The second kappa shape index (κ2) is 8.83. The fraction of sp³-hybridized carbons (Fsp3) is 0.300. The number of benzene rings is 1. The molecule has 0 fully saturated rings. The Kier molecular flexibility index (Phi) is 5.95. The molecule has 11 nitrogen and oxygen atoms in total. The molecule has 0 spiro atoms. The minimum Gasteiger partial charge on any atom is -0.439 e. The van der Waals surface area contributed by atoms with E-state index in [2.05, 4.69) is 25.0 Å². The van der Waals surface area contributed by atoms with Gasteiger partial charge in [-0.25, -0.2) is 23.0 Å². The van der Waals surface area contributed by atoms with Crippen LogP contribution in [0.15, 0.2) is 41.2 Å². The van der Waals surface area contributed by atoms with E-state index in [1.165, 1.54) is 0 Å².